The van der Waals surface area contributed by atoms with E-state index in [0.29, 0.717) is 5.92 Å². The Labute approximate surface area is 92.9 Å². The van der Waals surface area contributed by atoms with Crippen LogP contribution in [-0.2, 0) is 6.18 Å². The first-order chi connectivity index (χ1) is 7.36. The molecule has 0 aromatic carbocycles. The van der Waals surface area contributed by atoms with Crippen molar-refractivity contribution in [1.82, 2.24) is 9.97 Å². The molecule has 90 valence electrons. The lowest BCUT2D eigenvalue weighted by Gasteiger charge is -2.18. The highest BCUT2D eigenvalue weighted by molar-refractivity contribution is 5.12. The summed E-state index contributed by atoms with van der Waals surface area (Å²) in [5, 5.41) is 0. The van der Waals surface area contributed by atoms with Gasteiger partial charge in [-0.2, -0.15) is 13.2 Å². The summed E-state index contributed by atoms with van der Waals surface area (Å²) in [4.78, 5) is 6.70. The van der Waals surface area contributed by atoms with Gasteiger partial charge in [0.2, 0.25) is 5.82 Å². The smallest absolute Gasteiger partial charge is 0.233 e. The minimum Gasteiger partial charge on any atom is -0.233 e. The van der Waals surface area contributed by atoms with Crippen molar-refractivity contribution in [3.05, 3.63) is 23.8 Å². The van der Waals surface area contributed by atoms with Crippen molar-refractivity contribution in [3.8, 4) is 0 Å². The fraction of sp³-hybridized carbons (Fsp3) is 0.636. The maximum atomic E-state index is 12.2. The molecule has 0 aliphatic carbocycles. The van der Waals surface area contributed by atoms with Crippen molar-refractivity contribution in [2.45, 2.75) is 39.3 Å². The summed E-state index contributed by atoms with van der Waals surface area (Å²) in [5.74, 6) is -0.500. The molecule has 0 N–H and O–H groups in total. The van der Waals surface area contributed by atoms with E-state index in [4.69, 9.17) is 0 Å². The number of halogens is 3. The minimum absolute atomic E-state index is 0.173. The second kappa shape index (κ2) is 4.80. The van der Waals surface area contributed by atoms with Gasteiger partial charge in [-0.05, 0) is 17.4 Å². The van der Waals surface area contributed by atoms with Crippen LogP contribution in [0.5, 0.6) is 0 Å². The molecule has 16 heavy (non-hydrogen) atoms. The molecule has 1 heterocycles. The van der Waals surface area contributed by atoms with Gasteiger partial charge in [0.1, 0.15) is 0 Å². The van der Waals surface area contributed by atoms with Crippen molar-refractivity contribution in [3.63, 3.8) is 0 Å². The molecule has 0 saturated heterocycles. The monoisotopic (exact) mass is 232 g/mol. The molecule has 0 aliphatic heterocycles. The number of hydrogen-bond donors (Lipinski definition) is 0. The lowest BCUT2D eigenvalue weighted by molar-refractivity contribution is -0.145. The molecule has 1 aromatic heterocycles. The van der Waals surface area contributed by atoms with E-state index in [9.17, 15) is 13.2 Å². The van der Waals surface area contributed by atoms with Crippen LogP contribution in [0.2, 0.25) is 0 Å². The highest BCUT2D eigenvalue weighted by Crippen LogP contribution is 2.28. The predicted octanol–water partition coefficient (Wildman–Crippen LogP) is 3.65. The van der Waals surface area contributed by atoms with Gasteiger partial charge in [-0.3, -0.25) is 0 Å². The Balaban J connectivity index is 2.87. The summed E-state index contributed by atoms with van der Waals surface area (Å²) in [6.45, 7) is 6.08. The van der Waals surface area contributed by atoms with Crippen LogP contribution in [0.15, 0.2) is 12.4 Å². The van der Waals surface area contributed by atoms with Crippen molar-refractivity contribution in [1.29, 1.82) is 0 Å². The minimum atomic E-state index is -4.46. The summed E-state index contributed by atoms with van der Waals surface area (Å²) in [6, 6.07) is 0. The summed E-state index contributed by atoms with van der Waals surface area (Å²) < 4.78 is 36.7. The van der Waals surface area contributed by atoms with E-state index in [1.165, 1.54) is 12.4 Å². The molecule has 5 heteroatoms. The first-order valence-electron chi connectivity index (χ1n) is 5.25. The quantitative estimate of drug-likeness (QED) is 0.795. The second-order valence-corrected chi connectivity index (χ2v) is 4.01. The Kier molecular flexibility index (Phi) is 3.88. The summed E-state index contributed by atoms with van der Waals surface area (Å²) in [7, 11) is 0. The van der Waals surface area contributed by atoms with Crippen LogP contribution in [0.25, 0.3) is 0 Å². The standard InChI is InChI=1S/C11H15F3N2/c1-4-7(2)8(3)9-5-15-10(16-6-9)11(12,13)14/h5-8H,4H2,1-3H3. The van der Waals surface area contributed by atoms with E-state index in [0.717, 1.165) is 12.0 Å². The fourth-order valence-electron chi connectivity index (χ4n) is 1.40. The van der Waals surface area contributed by atoms with Crippen LogP contribution in [0.4, 0.5) is 13.2 Å². The molecular formula is C11H15F3N2. The molecule has 2 atom stereocenters. The largest absolute Gasteiger partial charge is 0.451 e. The van der Waals surface area contributed by atoms with Crippen molar-refractivity contribution >= 4 is 0 Å². The van der Waals surface area contributed by atoms with E-state index >= 15 is 0 Å². The van der Waals surface area contributed by atoms with Gasteiger partial charge in [0, 0.05) is 12.4 Å². The number of aromatic nitrogens is 2. The van der Waals surface area contributed by atoms with E-state index in [2.05, 4.69) is 16.9 Å². The van der Waals surface area contributed by atoms with Crippen LogP contribution >= 0.6 is 0 Å². The van der Waals surface area contributed by atoms with E-state index < -0.39 is 12.0 Å². The van der Waals surface area contributed by atoms with E-state index in [1.54, 1.807) is 0 Å². The van der Waals surface area contributed by atoms with Gasteiger partial charge in [-0.15, -0.1) is 0 Å². The van der Waals surface area contributed by atoms with E-state index in [1.807, 2.05) is 13.8 Å². The molecule has 0 radical (unpaired) electrons. The third kappa shape index (κ3) is 2.93. The van der Waals surface area contributed by atoms with Gasteiger partial charge >= 0.3 is 6.18 Å². The van der Waals surface area contributed by atoms with Crippen LogP contribution in [-0.4, -0.2) is 9.97 Å². The van der Waals surface area contributed by atoms with Crippen LogP contribution < -0.4 is 0 Å². The fourth-order valence-corrected chi connectivity index (χ4v) is 1.40. The topological polar surface area (TPSA) is 25.8 Å². The molecule has 0 fully saturated rings. The zero-order chi connectivity index (χ0) is 12.3. The molecule has 0 spiro atoms. The van der Waals surface area contributed by atoms with Gasteiger partial charge in [-0.25, -0.2) is 9.97 Å². The zero-order valence-electron chi connectivity index (χ0n) is 9.54. The van der Waals surface area contributed by atoms with Crippen molar-refractivity contribution in [2.75, 3.05) is 0 Å². The molecule has 0 aliphatic rings. The first-order valence-corrected chi connectivity index (χ1v) is 5.25. The lowest BCUT2D eigenvalue weighted by atomic mass is 9.89. The summed E-state index contributed by atoms with van der Waals surface area (Å²) >= 11 is 0. The third-order valence-electron chi connectivity index (χ3n) is 2.95. The lowest BCUT2D eigenvalue weighted by Crippen LogP contribution is -2.12. The molecule has 0 bridgehead atoms. The summed E-state index contributed by atoms with van der Waals surface area (Å²) in [5.41, 5.74) is 0.752. The Bertz CT molecular complexity index is 332. The van der Waals surface area contributed by atoms with Gasteiger partial charge in [-0.1, -0.05) is 27.2 Å². The molecule has 2 unspecified atom stereocenters. The molecule has 0 saturated carbocycles. The molecule has 1 aromatic rings. The normalized spacial score (nSPS) is 15.9. The molecule has 1 rings (SSSR count). The van der Waals surface area contributed by atoms with Gasteiger partial charge in [0.15, 0.2) is 0 Å². The SMILES string of the molecule is CCC(C)C(C)c1cnc(C(F)(F)F)nc1. The number of alkyl halides is 3. The maximum Gasteiger partial charge on any atom is 0.451 e. The van der Waals surface area contributed by atoms with Crippen molar-refractivity contribution < 1.29 is 13.2 Å². The Hall–Kier alpha value is -1.13. The number of nitrogens with zero attached hydrogens (tertiary/aromatic N) is 2. The van der Waals surface area contributed by atoms with Crippen molar-refractivity contribution in [2.24, 2.45) is 5.92 Å². The van der Waals surface area contributed by atoms with Crippen LogP contribution in [0.1, 0.15) is 44.5 Å². The Morgan fingerprint density at radius 3 is 2.06 bits per heavy atom. The Morgan fingerprint density at radius 2 is 1.69 bits per heavy atom. The maximum absolute atomic E-state index is 12.2. The van der Waals surface area contributed by atoms with Gasteiger partial charge in [0.05, 0.1) is 0 Å². The van der Waals surface area contributed by atoms with E-state index in [-0.39, 0.29) is 5.92 Å². The second-order valence-electron chi connectivity index (χ2n) is 4.01. The van der Waals surface area contributed by atoms with Gasteiger partial charge in [0.25, 0.3) is 0 Å². The predicted molar refractivity (Wildman–Crippen MR) is 54.9 cm³/mol. The number of rotatable bonds is 3. The third-order valence-corrected chi connectivity index (χ3v) is 2.95. The molecule has 2 nitrogen and oxygen atoms in total. The average Bonchev–Trinajstić information content (AvgIpc) is 2.26. The zero-order valence-corrected chi connectivity index (χ0v) is 9.54. The van der Waals surface area contributed by atoms with Crippen LogP contribution in [0.3, 0.4) is 0 Å². The number of hydrogen-bond acceptors (Lipinski definition) is 2. The highest BCUT2D eigenvalue weighted by Gasteiger charge is 2.34. The first kappa shape index (κ1) is 12.9. The highest BCUT2D eigenvalue weighted by atomic mass is 19.4. The molecular weight excluding hydrogens is 217 g/mol. The molecule has 0 amide bonds. The average molecular weight is 232 g/mol. The van der Waals surface area contributed by atoms with Gasteiger partial charge < -0.3 is 0 Å². The Morgan fingerprint density at radius 1 is 1.19 bits per heavy atom. The summed E-state index contributed by atoms with van der Waals surface area (Å²) in [6.07, 6.45) is -0.945. The van der Waals surface area contributed by atoms with Crippen LogP contribution in [0, 0.1) is 5.92 Å².